The maximum Gasteiger partial charge on any atom is 0.410 e. The Balaban J connectivity index is 2.05. The number of carbonyl (C=O) groups is 1. The third-order valence-corrected chi connectivity index (χ3v) is 5.55. The molecule has 1 saturated heterocycles. The van der Waals surface area contributed by atoms with Crippen LogP contribution in [0.15, 0.2) is 18.2 Å². The van der Waals surface area contributed by atoms with Crippen molar-refractivity contribution in [3.8, 4) is 0 Å². The van der Waals surface area contributed by atoms with Crippen molar-refractivity contribution in [3.63, 3.8) is 0 Å². The zero-order valence-electron chi connectivity index (χ0n) is 16.5. The van der Waals surface area contributed by atoms with E-state index in [1.54, 1.807) is 23.1 Å². The summed E-state index contributed by atoms with van der Waals surface area (Å²) in [5.41, 5.74) is 0.175. The fourth-order valence-corrected chi connectivity index (χ4v) is 3.12. The lowest BCUT2D eigenvalue weighted by Gasteiger charge is -2.37. The molecule has 1 heterocycles. The van der Waals surface area contributed by atoms with Crippen LogP contribution in [0.1, 0.15) is 26.3 Å². The third-order valence-electron chi connectivity index (χ3n) is 4.29. The van der Waals surface area contributed by atoms with E-state index >= 15 is 0 Å². The van der Waals surface area contributed by atoms with Gasteiger partial charge in [0, 0.05) is 38.8 Å². The molecule has 1 unspecified atom stereocenters. The van der Waals surface area contributed by atoms with E-state index in [-0.39, 0.29) is 12.6 Å². The van der Waals surface area contributed by atoms with Crippen molar-refractivity contribution in [2.24, 2.45) is 0 Å². The largest absolute Gasteiger partial charge is 0.598 e. The summed E-state index contributed by atoms with van der Waals surface area (Å²) in [4.78, 5) is 15.6. The Kier molecular flexibility index (Phi) is 6.49. The molecule has 1 amide bonds. The number of halogens is 1. The van der Waals surface area contributed by atoms with Crippen LogP contribution in [0, 0.1) is 5.82 Å². The first kappa shape index (κ1) is 21.6. The maximum absolute atomic E-state index is 14.9. The van der Waals surface area contributed by atoms with Crippen molar-refractivity contribution in [1.82, 2.24) is 9.21 Å². The van der Waals surface area contributed by atoms with Crippen LogP contribution in [0.4, 0.5) is 14.9 Å². The highest BCUT2D eigenvalue weighted by Crippen LogP contribution is 2.25. The van der Waals surface area contributed by atoms with Crippen LogP contribution >= 0.6 is 0 Å². The molecule has 152 valence electrons. The molecule has 2 rings (SSSR count). The number of hydrogen-bond donors (Lipinski definition) is 0. The zero-order valence-corrected chi connectivity index (χ0v) is 17.3. The lowest BCUT2D eigenvalue weighted by molar-refractivity contribution is 0.0240. The topological polar surface area (TPSA) is 76.1 Å². The third kappa shape index (κ3) is 5.88. The molecule has 9 heteroatoms. The van der Waals surface area contributed by atoms with Gasteiger partial charge in [0.1, 0.15) is 22.3 Å². The van der Waals surface area contributed by atoms with Gasteiger partial charge in [-0.15, -0.1) is 4.31 Å². The molecule has 0 spiro atoms. The van der Waals surface area contributed by atoms with Gasteiger partial charge in [0.25, 0.3) is 0 Å². The molecule has 27 heavy (non-hydrogen) atoms. The summed E-state index contributed by atoms with van der Waals surface area (Å²) >= 11 is 0. The number of ether oxygens (including phenoxy) is 1. The second kappa shape index (κ2) is 8.12. The molecule has 0 bridgehead atoms. The highest BCUT2D eigenvalue weighted by Gasteiger charge is 2.27. The van der Waals surface area contributed by atoms with Crippen molar-refractivity contribution in [3.05, 3.63) is 29.6 Å². The Bertz CT molecular complexity index is 724. The van der Waals surface area contributed by atoms with E-state index in [2.05, 4.69) is 0 Å². The van der Waals surface area contributed by atoms with Crippen molar-refractivity contribution >= 4 is 22.2 Å². The van der Waals surface area contributed by atoms with Gasteiger partial charge in [-0.3, -0.25) is 0 Å². The SMILES string of the molecule is CN(Cc1cccc(N2CCN(C(=O)OC(C)(C)C)CC2)c1F)[S+](C)(=O)[O-]. The fourth-order valence-electron chi connectivity index (χ4n) is 2.75. The van der Waals surface area contributed by atoms with Gasteiger partial charge in [-0.1, -0.05) is 16.3 Å². The quantitative estimate of drug-likeness (QED) is 0.725. The number of benzene rings is 1. The van der Waals surface area contributed by atoms with Gasteiger partial charge in [0.2, 0.25) is 0 Å². The minimum absolute atomic E-state index is 0.0314. The van der Waals surface area contributed by atoms with Gasteiger partial charge >= 0.3 is 6.09 Å². The van der Waals surface area contributed by atoms with Crippen molar-refractivity contribution < 1.29 is 22.7 Å². The smallest absolute Gasteiger partial charge is 0.410 e. The zero-order chi connectivity index (χ0) is 20.4. The molecule has 1 aromatic rings. The highest BCUT2D eigenvalue weighted by atomic mass is 32.3. The second-order valence-electron chi connectivity index (χ2n) is 7.72. The highest BCUT2D eigenvalue weighted by molar-refractivity contribution is 7.94. The number of anilines is 1. The van der Waals surface area contributed by atoms with E-state index in [1.165, 1.54) is 7.05 Å². The minimum atomic E-state index is -3.39. The van der Waals surface area contributed by atoms with Gasteiger partial charge in [0.15, 0.2) is 5.82 Å². The molecule has 1 atom stereocenters. The first-order valence-electron chi connectivity index (χ1n) is 8.80. The molecular weight excluding hydrogens is 373 g/mol. The number of hydrogen-bond acceptors (Lipinski definition) is 5. The molecular formula is C18H28FN3O4S. The standard InChI is InChI=1S/C18H28FN3O4S/c1-18(2,3)26-17(23)22-11-9-21(10-12-22)15-8-6-7-14(16(15)19)13-20(4)27(5,24)25/h6-8H,9-13H2,1-5H3. The number of carbonyl (C=O) groups excluding carboxylic acids is 1. The van der Waals surface area contributed by atoms with Crippen molar-refractivity contribution in [1.29, 1.82) is 0 Å². The lowest BCUT2D eigenvalue weighted by Crippen LogP contribution is -2.50. The van der Waals surface area contributed by atoms with Crippen LogP contribution < -0.4 is 4.90 Å². The van der Waals surface area contributed by atoms with Gasteiger partial charge in [-0.2, -0.15) is 0 Å². The summed E-state index contributed by atoms with van der Waals surface area (Å²) in [5, 5.41) is 0. The molecule has 0 aromatic heterocycles. The molecule has 1 aromatic carbocycles. The van der Waals surface area contributed by atoms with E-state index in [4.69, 9.17) is 4.74 Å². The Hall–Kier alpha value is -1.71. The number of sulfonamides is 1. The van der Waals surface area contributed by atoms with Crippen LogP contribution in [0.3, 0.4) is 0 Å². The van der Waals surface area contributed by atoms with Crippen molar-refractivity contribution in [2.45, 2.75) is 32.9 Å². The summed E-state index contributed by atoms with van der Waals surface area (Å²) < 4.78 is 44.5. The predicted molar refractivity (Wildman–Crippen MR) is 103 cm³/mol. The van der Waals surface area contributed by atoms with Gasteiger partial charge in [-0.25, -0.2) is 9.18 Å². The summed E-state index contributed by atoms with van der Waals surface area (Å²) in [6.07, 6.45) is 0.719. The lowest BCUT2D eigenvalue weighted by atomic mass is 10.1. The van der Waals surface area contributed by atoms with Crippen molar-refractivity contribution in [2.75, 3.05) is 44.4 Å². The molecule has 1 aliphatic rings. The van der Waals surface area contributed by atoms with Crippen LogP contribution in [0.2, 0.25) is 0 Å². The average Bonchev–Trinajstić information content (AvgIpc) is 2.54. The van der Waals surface area contributed by atoms with E-state index in [0.717, 1.165) is 10.6 Å². The molecule has 0 aliphatic carbocycles. The Morgan fingerprint density at radius 2 is 1.89 bits per heavy atom. The molecule has 0 N–H and O–H groups in total. The first-order chi connectivity index (χ1) is 12.4. The monoisotopic (exact) mass is 401 g/mol. The van der Waals surface area contributed by atoms with Crippen LogP contribution in [0.5, 0.6) is 0 Å². The summed E-state index contributed by atoms with van der Waals surface area (Å²) in [7, 11) is -1.97. The molecule has 0 radical (unpaired) electrons. The summed E-state index contributed by atoms with van der Waals surface area (Å²) in [5.74, 6) is -0.432. The number of amides is 1. The summed E-state index contributed by atoms with van der Waals surface area (Å²) in [6.45, 7) is 7.23. The van der Waals surface area contributed by atoms with E-state index in [1.807, 2.05) is 25.7 Å². The second-order valence-corrected chi connectivity index (χ2v) is 9.81. The molecule has 1 fully saturated rings. The molecule has 7 nitrogen and oxygen atoms in total. The Labute approximate surface area is 161 Å². The average molecular weight is 402 g/mol. The molecule has 0 saturated carbocycles. The van der Waals surface area contributed by atoms with Gasteiger partial charge in [-0.05, 0) is 26.8 Å². The van der Waals surface area contributed by atoms with Gasteiger partial charge < -0.3 is 19.1 Å². The first-order valence-corrected chi connectivity index (χ1v) is 10.6. The van der Waals surface area contributed by atoms with Gasteiger partial charge in [0.05, 0.1) is 12.2 Å². The van der Waals surface area contributed by atoms with Crippen LogP contribution in [-0.2, 0) is 25.9 Å². The maximum atomic E-state index is 14.9. The Morgan fingerprint density at radius 3 is 2.41 bits per heavy atom. The fraction of sp³-hybridized carbons (Fsp3) is 0.611. The van der Waals surface area contributed by atoms with E-state index in [9.17, 15) is 17.9 Å². The normalized spacial score (nSPS) is 17.8. The number of rotatable bonds is 4. The minimum Gasteiger partial charge on any atom is -0.598 e. The van der Waals surface area contributed by atoms with E-state index in [0.29, 0.717) is 37.4 Å². The number of nitrogens with zero attached hydrogens (tertiary/aromatic N) is 3. The van der Waals surface area contributed by atoms with Crippen LogP contribution in [-0.4, -0.2) is 64.9 Å². The van der Waals surface area contributed by atoms with Crippen LogP contribution in [0.25, 0.3) is 0 Å². The predicted octanol–water partition coefficient (Wildman–Crippen LogP) is 2.49. The Morgan fingerprint density at radius 1 is 1.30 bits per heavy atom. The number of piperazine rings is 1. The summed E-state index contributed by atoms with van der Waals surface area (Å²) in [6, 6.07) is 4.96. The van der Waals surface area contributed by atoms with E-state index < -0.39 is 21.8 Å². The molecule has 1 aliphatic heterocycles.